The molecule has 0 unspecified atom stereocenters. The van der Waals surface area contributed by atoms with E-state index in [1.807, 2.05) is 12.3 Å². The van der Waals surface area contributed by atoms with Gasteiger partial charge in [-0.2, -0.15) is 9.29 Å². The van der Waals surface area contributed by atoms with Crippen LogP contribution in [0.3, 0.4) is 0 Å². The van der Waals surface area contributed by atoms with Crippen molar-refractivity contribution in [3.8, 4) is 0 Å². The van der Waals surface area contributed by atoms with Crippen molar-refractivity contribution >= 4 is 50.5 Å². The summed E-state index contributed by atoms with van der Waals surface area (Å²) in [4.78, 5) is 18.5. The summed E-state index contributed by atoms with van der Waals surface area (Å²) in [5, 5.41) is 17.5. The number of anilines is 3. The SMILES string of the molecule is CNC(=O)c1nnc(Cl)cc1Nc1nc2ccc(N3CC(N(C)S(C)(=O)=O)C3)cn2n1. The maximum Gasteiger partial charge on any atom is 0.273 e. The molecule has 0 aromatic carbocycles. The van der Waals surface area contributed by atoms with Crippen LogP contribution >= 0.6 is 11.6 Å². The van der Waals surface area contributed by atoms with Crippen LogP contribution < -0.4 is 15.5 Å². The number of pyridine rings is 1. The molecule has 0 saturated carbocycles. The van der Waals surface area contributed by atoms with E-state index in [4.69, 9.17) is 11.6 Å². The number of carbonyl (C=O) groups excluding carboxylic acids is 1. The number of amides is 1. The summed E-state index contributed by atoms with van der Waals surface area (Å²) in [6, 6.07) is 5.10. The van der Waals surface area contributed by atoms with Crippen molar-refractivity contribution in [2.24, 2.45) is 0 Å². The molecule has 4 heterocycles. The van der Waals surface area contributed by atoms with E-state index in [1.165, 1.54) is 23.7 Å². The Balaban J connectivity index is 1.53. The summed E-state index contributed by atoms with van der Waals surface area (Å²) < 4.78 is 26.3. The van der Waals surface area contributed by atoms with Crippen molar-refractivity contribution in [2.45, 2.75) is 6.04 Å². The second kappa shape index (κ2) is 7.90. The molecule has 4 rings (SSSR count). The van der Waals surface area contributed by atoms with E-state index >= 15 is 0 Å². The predicted octanol–water partition coefficient (Wildman–Crippen LogP) is 0.356. The molecule has 1 fully saturated rings. The van der Waals surface area contributed by atoms with Gasteiger partial charge in [0.1, 0.15) is 0 Å². The molecule has 1 aliphatic heterocycles. The molecule has 2 N–H and O–H groups in total. The van der Waals surface area contributed by atoms with Crippen molar-refractivity contribution in [1.82, 2.24) is 34.4 Å². The molecular formula is C17H20ClN9O3S. The second-order valence-corrected chi connectivity index (χ2v) is 9.53. The van der Waals surface area contributed by atoms with Crippen LogP contribution in [0.1, 0.15) is 10.5 Å². The minimum Gasteiger partial charge on any atom is -0.367 e. The van der Waals surface area contributed by atoms with Gasteiger partial charge in [-0.3, -0.25) is 4.79 Å². The number of carbonyl (C=O) groups is 1. The number of fused-ring (bicyclic) bond motifs is 1. The van der Waals surface area contributed by atoms with Crippen LogP contribution in [0.4, 0.5) is 17.3 Å². The lowest BCUT2D eigenvalue weighted by Gasteiger charge is -2.44. The highest BCUT2D eigenvalue weighted by molar-refractivity contribution is 7.88. The van der Waals surface area contributed by atoms with E-state index in [2.05, 4.69) is 35.8 Å². The highest BCUT2D eigenvalue weighted by Crippen LogP contribution is 2.25. The topological polar surface area (TPSA) is 138 Å². The van der Waals surface area contributed by atoms with Crippen LogP contribution in [-0.2, 0) is 10.0 Å². The molecule has 1 aliphatic rings. The number of halogens is 1. The highest BCUT2D eigenvalue weighted by atomic mass is 35.5. The third-order valence-electron chi connectivity index (χ3n) is 5.03. The average molecular weight is 466 g/mol. The number of nitrogens with one attached hydrogen (secondary N) is 2. The van der Waals surface area contributed by atoms with Gasteiger partial charge in [0.15, 0.2) is 16.5 Å². The summed E-state index contributed by atoms with van der Waals surface area (Å²) in [6.07, 6.45) is 3.01. The van der Waals surface area contributed by atoms with Crippen molar-refractivity contribution in [1.29, 1.82) is 0 Å². The Bertz CT molecular complexity index is 1260. The fraction of sp³-hybridized carbons (Fsp3) is 0.353. The molecule has 0 radical (unpaired) electrons. The van der Waals surface area contributed by atoms with Gasteiger partial charge in [-0.05, 0) is 12.1 Å². The lowest BCUT2D eigenvalue weighted by Crippen LogP contribution is -2.59. The Morgan fingerprint density at radius 3 is 2.71 bits per heavy atom. The van der Waals surface area contributed by atoms with Crippen LogP contribution in [0.15, 0.2) is 24.4 Å². The molecule has 12 nitrogen and oxygen atoms in total. The zero-order valence-electron chi connectivity index (χ0n) is 16.9. The zero-order chi connectivity index (χ0) is 22.3. The van der Waals surface area contributed by atoms with E-state index < -0.39 is 15.9 Å². The van der Waals surface area contributed by atoms with E-state index in [1.54, 1.807) is 17.6 Å². The standard InChI is InChI=1S/C17H20ClN9O3S/c1-19-16(28)15-12(6-13(18)22-23-15)20-17-21-14-5-4-10(9-27(14)24-17)26-7-11(8-26)25(2)31(3,29)30/h4-6,9,11H,7-8H2,1-3H3,(H,19,28)(H,20,22,24). The first-order chi connectivity index (χ1) is 14.7. The molecule has 14 heteroatoms. The molecule has 0 spiro atoms. The minimum absolute atomic E-state index is 0.0630. The predicted molar refractivity (Wildman–Crippen MR) is 115 cm³/mol. The van der Waals surface area contributed by atoms with Crippen LogP contribution in [0, 0.1) is 0 Å². The van der Waals surface area contributed by atoms with Crippen molar-refractivity contribution in [2.75, 3.05) is 43.7 Å². The Hall–Kier alpha value is -3.03. The Labute approximate surface area is 183 Å². The monoisotopic (exact) mass is 465 g/mol. The molecular weight excluding hydrogens is 446 g/mol. The van der Waals surface area contributed by atoms with Crippen LogP contribution in [-0.4, -0.2) is 82.9 Å². The van der Waals surface area contributed by atoms with E-state index in [9.17, 15) is 13.2 Å². The van der Waals surface area contributed by atoms with Crippen LogP contribution in [0.5, 0.6) is 0 Å². The third kappa shape index (κ3) is 4.24. The fourth-order valence-corrected chi connectivity index (χ4v) is 3.97. The number of sulfonamides is 1. The van der Waals surface area contributed by atoms with Crippen LogP contribution in [0.25, 0.3) is 5.65 Å². The lowest BCUT2D eigenvalue weighted by molar-refractivity contribution is 0.0958. The summed E-state index contributed by atoms with van der Waals surface area (Å²) in [5.74, 6) is -0.172. The molecule has 0 bridgehead atoms. The van der Waals surface area contributed by atoms with Crippen molar-refractivity contribution < 1.29 is 13.2 Å². The Morgan fingerprint density at radius 2 is 2.03 bits per heavy atom. The molecule has 3 aromatic heterocycles. The maximum absolute atomic E-state index is 12.0. The van der Waals surface area contributed by atoms with Gasteiger partial charge < -0.3 is 15.5 Å². The first-order valence-corrected chi connectivity index (χ1v) is 11.4. The number of hydrogen-bond donors (Lipinski definition) is 2. The molecule has 1 saturated heterocycles. The minimum atomic E-state index is -3.22. The second-order valence-electron chi connectivity index (χ2n) is 7.10. The van der Waals surface area contributed by atoms with E-state index in [-0.39, 0.29) is 22.8 Å². The first kappa shape index (κ1) is 21.2. The fourth-order valence-electron chi connectivity index (χ4n) is 3.15. The molecule has 31 heavy (non-hydrogen) atoms. The van der Waals surface area contributed by atoms with Gasteiger partial charge >= 0.3 is 0 Å². The summed E-state index contributed by atoms with van der Waals surface area (Å²) in [5.41, 5.74) is 1.87. The molecule has 0 atom stereocenters. The number of likely N-dealkylation sites (N-methyl/N-ethyl adjacent to an activating group) is 1. The summed E-state index contributed by atoms with van der Waals surface area (Å²) >= 11 is 5.91. The highest BCUT2D eigenvalue weighted by Gasteiger charge is 2.34. The Morgan fingerprint density at radius 1 is 1.29 bits per heavy atom. The van der Waals surface area contributed by atoms with Gasteiger partial charge in [0.25, 0.3) is 5.91 Å². The molecule has 0 aliphatic carbocycles. The molecule has 3 aromatic rings. The molecule has 1 amide bonds. The summed E-state index contributed by atoms with van der Waals surface area (Å²) in [6.45, 7) is 1.18. The van der Waals surface area contributed by atoms with E-state index in [0.29, 0.717) is 24.4 Å². The van der Waals surface area contributed by atoms with Gasteiger partial charge in [-0.1, -0.05) is 11.6 Å². The summed E-state index contributed by atoms with van der Waals surface area (Å²) in [7, 11) is -0.147. The number of hydrogen-bond acceptors (Lipinski definition) is 9. The quantitative estimate of drug-likeness (QED) is 0.528. The smallest absolute Gasteiger partial charge is 0.273 e. The van der Waals surface area contributed by atoms with Gasteiger partial charge in [0.05, 0.1) is 29.9 Å². The van der Waals surface area contributed by atoms with E-state index in [0.717, 1.165) is 5.69 Å². The average Bonchev–Trinajstić information content (AvgIpc) is 3.07. The van der Waals surface area contributed by atoms with Crippen molar-refractivity contribution in [3.05, 3.63) is 35.2 Å². The third-order valence-corrected chi connectivity index (χ3v) is 6.56. The largest absolute Gasteiger partial charge is 0.367 e. The molecule has 164 valence electrons. The van der Waals surface area contributed by atoms with Gasteiger partial charge in [-0.15, -0.1) is 15.3 Å². The van der Waals surface area contributed by atoms with Gasteiger partial charge in [0, 0.05) is 33.3 Å². The number of nitrogens with zero attached hydrogens (tertiary/aromatic N) is 7. The van der Waals surface area contributed by atoms with Crippen LogP contribution in [0.2, 0.25) is 5.15 Å². The Kier molecular flexibility index (Phi) is 5.41. The maximum atomic E-state index is 12.0. The van der Waals surface area contributed by atoms with Gasteiger partial charge in [-0.25, -0.2) is 12.9 Å². The first-order valence-electron chi connectivity index (χ1n) is 9.22. The van der Waals surface area contributed by atoms with Gasteiger partial charge in [0.2, 0.25) is 16.0 Å². The number of aromatic nitrogens is 5. The zero-order valence-corrected chi connectivity index (χ0v) is 18.5. The van der Waals surface area contributed by atoms with Crippen molar-refractivity contribution in [3.63, 3.8) is 0 Å². The number of rotatable bonds is 6. The normalized spacial score (nSPS) is 14.7. The lowest BCUT2D eigenvalue weighted by atomic mass is 10.1.